The van der Waals surface area contributed by atoms with Crippen LogP contribution < -0.4 is 5.73 Å². The summed E-state index contributed by atoms with van der Waals surface area (Å²) in [4.78, 5) is 33.2. The van der Waals surface area contributed by atoms with Gasteiger partial charge in [-0.25, -0.2) is 14.4 Å². The van der Waals surface area contributed by atoms with Crippen molar-refractivity contribution in [3.05, 3.63) is 60.7 Å². The molecule has 0 spiro atoms. The summed E-state index contributed by atoms with van der Waals surface area (Å²) in [6.07, 6.45) is 10.6. The fourth-order valence-electron chi connectivity index (χ4n) is 7.60. The van der Waals surface area contributed by atoms with E-state index >= 15 is 0 Å². The fraction of sp³-hybridized carbons (Fsp3) is 0.562. The third-order valence-electron chi connectivity index (χ3n) is 10.1. The molecule has 3 aliphatic heterocycles. The molecule has 0 atom stereocenters. The summed E-state index contributed by atoms with van der Waals surface area (Å²) < 4.78 is 4.57. The molecular weight excluding hydrogens is 682 g/mol. The molecule has 0 bridgehead atoms. The average Bonchev–Trinajstić information content (AvgIpc) is 3.16. The third-order valence-corrected chi connectivity index (χ3v) is 11.9. The van der Waals surface area contributed by atoms with Gasteiger partial charge < -0.3 is 15.5 Å². The minimum Gasteiger partial charge on any atom is -0.351 e. The Morgan fingerprint density at radius 2 is 1.62 bits per heavy atom. The number of carbonyl (C=O) groups excluding carboxylic acids is 2. The van der Waals surface area contributed by atoms with Crippen molar-refractivity contribution >= 4 is 61.1 Å². The van der Waals surface area contributed by atoms with Crippen LogP contribution >= 0.6 is 43.5 Å². The normalized spacial score (nSPS) is 22.0. The molecule has 0 radical (unpaired) electrons. The maximum Gasteiger partial charge on any atom is 0.314 e. The van der Waals surface area contributed by atoms with E-state index in [-0.39, 0.29) is 11.9 Å². The molecule has 6 rings (SSSR count). The second-order valence-corrected chi connectivity index (χ2v) is 14.5. The average molecular weight is 721 g/mol. The number of halogens is 3. The maximum absolute atomic E-state index is 13.1. The number of benzene rings is 1. The zero-order valence-corrected chi connectivity index (χ0v) is 27.9. The molecule has 1 aromatic heterocycles. The smallest absolute Gasteiger partial charge is 0.314 e. The van der Waals surface area contributed by atoms with Crippen molar-refractivity contribution in [3.63, 3.8) is 0 Å². The first-order valence-corrected chi connectivity index (χ1v) is 17.3. The molecule has 10 heteroatoms. The Bertz CT molecular complexity index is 1390. The molecule has 3 fully saturated rings. The van der Waals surface area contributed by atoms with Crippen LogP contribution in [0.4, 0.5) is 4.79 Å². The minimum atomic E-state index is -0.349. The highest BCUT2D eigenvalue weighted by molar-refractivity contribution is 9.10. The van der Waals surface area contributed by atoms with Gasteiger partial charge >= 0.3 is 6.03 Å². The number of pyridine rings is 1. The van der Waals surface area contributed by atoms with Gasteiger partial charge in [0, 0.05) is 60.6 Å². The molecule has 1 aliphatic carbocycles. The van der Waals surface area contributed by atoms with Crippen LogP contribution in [0, 0.1) is 17.8 Å². The van der Waals surface area contributed by atoms with Crippen molar-refractivity contribution in [2.45, 2.75) is 57.8 Å². The first-order valence-electron chi connectivity index (χ1n) is 15.3. The van der Waals surface area contributed by atoms with Gasteiger partial charge in [-0.15, -0.1) is 0 Å². The predicted molar refractivity (Wildman–Crippen MR) is 172 cm³/mol. The molecule has 224 valence electrons. The number of likely N-dealkylation sites (tertiary alicyclic amines) is 2. The van der Waals surface area contributed by atoms with Crippen LogP contribution in [0.3, 0.4) is 0 Å². The molecule has 2 aromatic rings. The maximum atomic E-state index is 13.1. The summed E-state index contributed by atoms with van der Waals surface area (Å²) in [5, 5.41) is 0.755. The Labute approximate surface area is 270 Å². The second kappa shape index (κ2) is 12.9. The zero-order chi connectivity index (χ0) is 29.4. The number of hydrogen-bond acceptors (Lipinski definition) is 3. The van der Waals surface area contributed by atoms with Gasteiger partial charge in [0.15, 0.2) is 0 Å². The van der Waals surface area contributed by atoms with Crippen molar-refractivity contribution in [1.29, 1.82) is 0 Å². The van der Waals surface area contributed by atoms with Crippen LogP contribution in [0.25, 0.3) is 0 Å². The lowest BCUT2D eigenvalue weighted by atomic mass is 9.78. The summed E-state index contributed by atoms with van der Waals surface area (Å²) in [6.45, 7) is 5.11. The molecule has 3 saturated heterocycles. The zero-order valence-electron chi connectivity index (χ0n) is 24.0. The van der Waals surface area contributed by atoms with Crippen molar-refractivity contribution in [2.24, 2.45) is 23.5 Å². The van der Waals surface area contributed by atoms with E-state index in [1.165, 1.54) is 22.4 Å². The quantitative estimate of drug-likeness (QED) is 0.393. The largest absolute Gasteiger partial charge is 0.351 e. The van der Waals surface area contributed by atoms with Crippen molar-refractivity contribution < 1.29 is 14.2 Å². The Balaban J connectivity index is 1.10. The lowest BCUT2D eigenvalue weighted by Gasteiger charge is -2.38. The van der Waals surface area contributed by atoms with Gasteiger partial charge in [-0.05, 0) is 117 Å². The van der Waals surface area contributed by atoms with E-state index in [2.05, 4.69) is 53.5 Å². The molecule has 0 saturated carbocycles. The highest BCUT2D eigenvalue weighted by Gasteiger charge is 2.36. The first kappa shape index (κ1) is 30.1. The Morgan fingerprint density at radius 3 is 2.31 bits per heavy atom. The van der Waals surface area contributed by atoms with Gasteiger partial charge in [-0.2, -0.15) is 0 Å². The van der Waals surface area contributed by atoms with Gasteiger partial charge in [0.1, 0.15) is 18.8 Å². The third kappa shape index (κ3) is 6.29. The van der Waals surface area contributed by atoms with Crippen molar-refractivity contribution in [3.8, 4) is 0 Å². The van der Waals surface area contributed by atoms with E-state index in [4.69, 9.17) is 22.3 Å². The van der Waals surface area contributed by atoms with Gasteiger partial charge in [-0.3, -0.25) is 4.79 Å². The number of fused-ring (bicyclic) bond motifs is 2. The fourth-order valence-corrected chi connectivity index (χ4v) is 8.70. The standard InChI is InChI=1S/C32H38Br2ClN5O2/c33-24-18-23-1-2-25-26(3-4-27(35)29(25)34)31(30(23)37-19-24)39-15-9-22(10-16-39)21-7-13-38(14-8-21)28(41)17-20-5-11-40(12-6-20)32(36)42/h3-4,18-22H,1-2,5-17H2,(H-,36,42)/p+1. The van der Waals surface area contributed by atoms with Gasteiger partial charge in [-0.1, -0.05) is 11.6 Å². The van der Waals surface area contributed by atoms with Crippen molar-refractivity contribution in [1.82, 2.24) is 14.8 Å². The summed E-state index contributed by atoms with van der Waals surface area (Å²) >= 11 is 13.9. The first-order chi connectivity index (χ1) is 20.3. The number of nitrogens with zero attached hydrogens (tertiary/aromatic N) is 4. The van der Waals surface area contributed by atoms with Crippen LogP contribution in [0.15, 0.2) is 33.3 Å². The minimum absolute atomic E-state index is 0.285. The Kier molecular flexibility index (Phi) is 9.27. The second-order valence-electron chi connectivity index (χ2n) is 12.4. The number of hydrogen-bond donors (Lipinski definition) is 1. The number of rotatable bonds is 3. The summed E-state index contributed by atoms with van der Waals surface area (Å²) in [5.41, 5.74) is 11.5. The molecule has 0 unspecified atom stereocenters. The van der Waals surface area contributed by atoms with Gasteiger partial charge in [0.25, 0.3) is 0 Å². The van der Waals surface area contributed by atoms with Crippen LogP contribution in [0.1, 0.15) is 67.3 Å². The number of piperidine rings is 3. The summed E-state index contributed by atoms with van der Waals surface area (Å²) in [5.74, 6) is 2.01. The lowest BCUT2D eigenvalue weighted by molar-refractivity contribution is -0.541. The Morgan fingerprint density at radius 1 is 0.952 bits per heavy atom. The number of primary amides is 1. The highest BCUT2D eigenvalue weighted by atomic mass is 79.9. The predicted octanol–water partition coefficient (Wildman–Crippen LogP) is 6.04. The Hall–Kier alpha value is -1.97. The number of urea groups is 1. The molecular formula is C32H39Br2ClN5O2+. The topological polar surface area (TPSA) is 82.5 Å². The van der Waals surface area contributed by atoms with E-state index in [0.717, 1.165) is 97.2 Å². The highest BCUT2D eigenvalue weighted by Crippen LogP contribution is 2.37. The molecule has 4 aliphatic rings. The number of nitrogens with two attached hydrogens (primary N) is 1. The van der Waals surface area contributed by atoms with Crippen LogP contribution in [-0.4, -0.2) is 76.3 Å². The van der Waals surface area contributed by atoms with E-state index < -0.39 is 0 Å². The molecule has 4 heterocycles. The van der Waals surface area contributed by atoms with E-state index in [1.54, 1.807) is 4.90 Å². The van der Waals surface area contributed by atoms with Crippen LogP contribution in [-0.2, 0) is 17.6 Å². The lowest BCUT2D eigenvalue weighted by Crippen LogP contribution is -2.44. The number of amides is 3. The number of aryl methyl sites for hydroxylation is 1. The van der Waals surface area contributed by atoms with Crippen LogP contribution in [0.2, 0.25) is 5.02 Å². The molecule has 42 heavy (non-hydrogen) atoms. The van der Waals surface area contributed by atoms with E-state index in [9.17, 15) is 9.59 Å². The number of carbonyl (C=O) groups is 2. The number of aromatic nitrogens is 1. The monoisotopic (exact) mass is 718 g/mol. The van der Waals surface area contributed by atoms with Crippen molar-refractivity contribution in [2.75, 3.05) is 39.3 Å². The van der Waals surface area contributed by atoms with Gasteiger partial charge in [0.2, 0.25) is 11.6 Å². The molecule has 2 N–H and O–H groups in total. The SMILES string of the molecule is NC(=O)N1CCC(CC(=O)N2CCC(C3CC[N+](=C4c5ccc(Cl)c(Br)c5CCc5cc(Br)cnc54)CC3)CC2)CC1. The summed E-state index contributed by atoms with van der Waals surface area (Å²) in [6, 6.07) is 6.05. The molecule has 3 amide bonds. The van der Waals surface area contributed by atoms with Gasteiger partial charge in [0.05, 0.1) is 10.6 Å². The van der Waals surface area contributed by atoms with E-state index in [1.807, 2.05) is 12.3 Å². The molecule has 1 aromatic carbocycles. The van der Waals surface area contributed by atoms with E-state index in [0.29, 0.717) is 37.3 Å². The molecule has 7 nitrogen and oxygen atoms in total. The summed E-state index contributed by atoms with van der Waals surface area (Å²) in [7, 11) is 0. The van der Waals surface area contributed by atoms with Crippen LogP contribution in [0.5, 0.6) is 0 Å².